The van der Waals surface area contributed by atoms with Gasteiger partial charge in [0, 0.05) is 29.5 Å². The van der Waals surface area contributed by atoms with Crippen molar-refractivity contribution in [3.8, 4) is 0 Å². The first-order chi connectivity index (χ1) is 12.8. The second-order valence-electron chi connectivity index (χ2n) is 8.80. The predicted molar refractivity (Wildman–Crippen MR) is 106 cm³/mol. The van der Waals surface area contributed by atoms with Gasteiger partial charge in [0.05, 0.1) is 0 Å². The second kappa shape index (κ2) is 6.68. The zero-order valence-corrected chi connectivity index (χ0v) is 16.2. The van der Waals surface area contributed by atoms with Crippen LogP contribution in [-0.2, 0) is 4.79 Å². The molecule has 0 spiro atoms. The fraction of sp³-hybridized carbons (Fsp3) is 0.524. The number of aromatic amines is 1. The smallest absolute Gasteiger partial charge is 0.268 e. The molecular formula is C21H28N4O2. The van der Waals surface area contributed by atoms with E-state index in [4.69, 9.17) is 0 Å². The predicted octanol–water partition coefficient (Wildman–Crippen LogP) is 2.28. The molecule has 27 heavy (non-hydrogen) atoms. The van der Waals surface area contributed by atoms with Crippen LogP contribution in [0.15, 0.2) is 30.3 Å². The number of likely N-dealkylation sites (tertiary alicyclic amines) is 1. The van der Waals surface area contributed by atoms with Crippen molar-refractivity contribution in [1.29, 1.82) is 0 Å². The van der Waals surface area contributed by atoms with Crippen LogP contribution in [0.5, 0.6) is 0 Å². The number of carbonyl (C=O) groups is 2. The van der Waals surface area contributed by atoms with E-state index < -0.39 is 6.04 Å². The van der Waals surface area contributed by atoms with Crippen molar-refractivity contribution in [1.82, 2.24) is 20.5 Å². The minimum Gasteiger partial charge on any atom is -0.351 e. The molecule has 3 heterocycles. The molecule has 144 valence electrons. The summed E-state index contributed by atoms with van der Waals surface area (Å²) in [5.74, 6) is -0.213. The van der Waals surface area contributed by atoms with Gasteiger partial charge in [0.15, 0.2) is 0 Å². The lowest BCUT2D eigenvalue weighted by Gasteiger charge is -2.53. The molecule has 1 unspecified atom stereocenters. The molecule has 4 rings (SSSR count). The Morgan fingerprint density at radius 1 is 1.26 bits per heavy atom. The van der Waals surface area contributed by atoms with Crippen molar-refractivity contribution >= 4 is 22.7 Å². The molecule has 2 aliphatic heterocycles. The van der Waals surface area contributed by atoms with Gasteiger partial charge in [0.25, 0.3) is 5.91 Å². The number of fused-ring (bicyclic) bond motifs is 2. The summed E-state index contributed by atoms with van der Waals surface area (Å²) < 4.78 is 0. The van der Waals surface area contributed by atoms with E-state index in [2.05, 4.69) is 15.6 Å². The van der Waals surface area contributed by atoms with Crippen molar-refractivity contribution in [3.05, 3.63) is 36.0 Å². The van der Waals surface area contributed by atoms with Crippen LogP contribution in [0.1, 0.15) is 44.1 Å². The first kappa shape index (κ1) is 18.0. The number of benzene rings is 1. The van der Waals surface area contributed by atoms with Crippen LogP contribution >= 0.6 is 0 Å². The molecule has 0 bridgehead atoms. The highest BCUT2D eigenvalue weighted by Gasteiger charge is 2.47. The van der Waals surface area contributed by atoms with E-state index in [9.17, 15) is 9.59 Å². The third-order valence-corrected chi connectivity index (χ3v) is 5.79. The third-order valence-electron chi connectivity index (χ3n) is 5.79. The average Bonchev–Trinajstić information content (AvgIpc) is 3.03. The lowest BCUT2D eigenvalue weighted by Crippen LogP contribution is -2.72. The van der Waals surface area contributed by atoms with E-state index in [-0.39, 0.29) is 23.3 Å². The Morgan fingerprint density at radius 3 is 2.74 bits per heavy atom. The number of amides is 2. The summed E-state index contributed by atoms with van der Waals surface area (Å²) in [4.78, 5) is 31.2. The van der Waals surface area contributed by atoms with Crippen LogP contribution in [0.4, 0.5) is 0 Å². The molecule has 2 saturated heterocycles. The number of nitrogens with zero attached hydrogens (tertiary/aromatic N) is 1. The fourth-order valence-electron chi connectivity index (χ4n) is 4.18. The maximum atomic E-state index is 13.2. The minimum absolute atomic E-state index is 0.0249. The first-order valence-electron chi connectivity index (χ1n) is 9.77. The number of rotatable bonds is 3. The maximum Gasteiger partial charge on any atom is 0.268 e. The van der Waals surface area contributed by atoms with Gasteiger partial charge >= 0.3 is 0 Å². The maximum absolute atomic E-state index is 13.2. The van der Waals surface area contributed by atoms with Gasteiger partial charge in [-0.3, -0.25) is 9.59 Å². The molecule has 3 N–H and O–H groups in total. The largest absolute Gasteiger partial charge is 0.351 e. The molecular weight excluding hydrogens is 340 g/mol. The normalized spacial score (nSPS) is 23.4. The third kappa shape index (κ3) is 3.34. The van der Waals surface area contributed by atoms with E-state index >= 15 is 0 Å². The molecule has 0 aliphatic carbocycles. The molecule has 3 atom stereocenters. The summed E-state index contributed by atoms with van der Waals surface area (Å²) in [6.07, 6.45) is 2.13. The molecule has 1 aromatic carbocycles. The number of nitrogens with one attached hydrogen (secondary N) is 3. The molecule has 2 aliphatic rings. The van der Waals surface area contributed by atoms with E-state index in [1.165, 1.54) is 0 Å². The fourth-order valence-corrected chi connectivity index (χ4v) is 4.18. The van der Waals surface area contributed by atoms with E-state index in [0.29, 0.717) is 11.7 Å². The second-order valence-corrected chi connectivity index (χ2v) is 8.80. The molecule has 1 aromatic heterocycles. The molecule has 0 saturated carbocycles. The monoisotopic (exact) mass is 368 g/mol. The molecule has 2 fully saturated rings. The van der Waals surface area contributed by atoms with Crippen LogP contribution in [0.3, 0.4) is 0 Å². The summed E-state index contributed by atoms with van der Waals surface area (Å²) in [6, 6.07) is 9.73. The number of H-pyrrole nitrogens is 1. The SMILES string of the molecule is CC(C)(C)[C@H](NC(=O)c1cc2ccccc2[nH]1)C(=O)N1C[C@H]2NCCCC21. The van der Waals surface area contributed by atoms with Gasteiger partial charge in [-0.2, -0.15) is 0 Å². The number of hydrogen-bond donors (Lipinski definition) is 3. The molecule has 6 nitrogen and oxygen atoms in total. The number of para-hydroxylation sites is 1. The van der Waals surface area contributed by atoms with Gasteiger partial charge in [-0.15, -0.1) is 0 Å². The van der Waals surface area contributed by atoms with Gasteiger partial charge < -0.3 is 20.5 Å². The first-order valence-corrected chi connectivity index (χ1v) is 9.77. The Hall–Kier alpha value is -2.34. The van der Waals surface area contributed by atoms with Gasteiger partial charge in [-0.05, 0) is 36.9 Å². The lowest BCUT2D eigenvalue weighted by molar-refractivity contribution is -0.147. The highest BCUT2D eigenvalue weighted by Crippen LogP contribution is 2.30. The molecule has 2 aromatic rings. The van der Waals surface area contributed by atoms with Crippen molar-refractivity contribution in [3.63, 3.8) is 0 Å². The minimum atomic E-state index is -0.556. The van der Waals surface area contributed by atoms with Gasteiger partial charge in [-0.25, -0.2) is 0 Å². The highest BCUT2D eigenvalue weighted by molar-refractivity contribution is 6.00. The number of piperidine rings is 1. The van der Waals surface area contributed by atoms with E-state index in [1.807, 2.05) is 56.0 Å². The van der Waals surface area contributed by atoms with Crippen molar-refractivity contribution in [2.45, 2.75) is 51.7 Å². The van der Waals surface area contributed by atoms with Crippen LogP contribution in [0, 0.1) is 5.41 Å². The van der Waals surface area contributed by atoms with Gasteiger partial charge in [0.1, 0.15) is 11.7 Å². The standard InChI is InChI=1S/C21H28N4O2/c1-21(2,3)18(20(27)25-12-16-17(25)9-6-10-22-16)24-19(26)15-11-13-7-4-5-8-14(13)23-15/h4-5,7-8,11,16-18,22-23H,6,9-10,12H2,1-3H3,(H,24,26)/t16-,17?,18-/m1/s1. The van der Waals surface area contributed by atoms with E-state index in [0.717, 1.165) is 36.8 Å². The zero-order chi connectivity index (χ0) is 19.2. The summed E-state index contributed by atoms with van der Waals surface area (Å²) in [7, 11) is 0. The summed E-state index contributed by atoms with van der Waals surface area (Å²) in [5, 5.41) is 7.46. The summed E-state index contributed by atoms with van der Waals surface area (Å²) >= 11 is 0. The molecule has 0 radical (unpaired) electrons. The molecule has 2 amide bonds. The van der Waals surface area contributed by atoms with Gasteiger partial charge in [-0.1, -0.05) is 39.0 Å². The number of carbonyl (C=O) groups excluding carboxylic acids is 2. The van der Waals surface area contributed by atoms with Crippen molar-refractivity contribution in [2.75, 3.05) is 13.1 Å². The Kier molecular flexibility index (Phi) is 4.46. The summed E-state index contributed by atoms with van der Waals surface area (Å²) in [6.45, 7) is 7.76. The van der Waals surface area contributed by atoms with Crippen LogP contribution in [-0.4, -0.2) is 52.9 Å². The van der Waals surface area contributed by atoms with Gasteiger partial charge in [0.2, 0.25) is 5.91 Å². The topological polar surface area (TPSA) is 77.2 Å². The molecule has 6 heteroatoms. The Bertz CT molecular complexity index is 833. The van der Waals surface area contributed by atoms with Crippen molar-refractivity contribution in [2.24, 2.45) is 5.41 Å². The Morgan fingerprint density at radius 2 is 2.04 bits per heavy atom. The van der Waals surface area contributed by atoms with Crippen LogP contribution in [0.25, 0.3) is 10.9 Å². The lowest BCUT2D eigenvalue weighted by atomic mass is 9.82. The summed E-state index contributed by atoms with van der Waals surface area (Å²) in [5.41, 5.74) is 1.03. The average molecular weight is 368 g/mol. The number of aromatic nitrogens is 1. The highest BCUT2D eigenvalue weighted by atomic mass is 16.2. The quantitative estimate of drug-likeness (QED) is 0.778. The van der Waals surface area contributed by atoms with E-state index in [1.54, 1.807) is 0 Å². The van der Waals surface area contributed by atoms with Crippen molar-refractivity contribution < 1.29 is 9.59 Å². The Balaban J connectivity index is 1.52. The van der Waals surface area contributed by atoms with Crippen LogP contribution < -0.4 is 10.6 Å². The Labute approximate surface area is 159 Å². The zero-order valence-electron chi connectivity index (χ0n) is 16.2. The van der Waals surface area contributed by atoms with Crippen LogP contribution in [0.2, 0.25) is 0 Å². The number of hydrogen-bond acceptors (Lipinski definition) is 3.